The van der Waals surface area contributed by atoms with E-state index in [0.717, 1.165) is 65.7 Å². The molecule has 0 amide bonds. The fourth-order valence-electron chi connectivity index (χ4n) is 9.88. The number of hydrogen-bond donors (Lipinski definition) is 0. The quantitative estimate of drug-likeness (QED) is 0.123. The van der Waals surface area contributed by atoms with Crippen LogP contribution in [0.1, 0.15) is 86.7 Å². The van der Waals surface area contributed by atoms with Crippen LogP contribution in [0.4, 0.5) is 0 Å². The predicted molar refractivity (Wildman–Crippen MR) is 291 cm³/mol. The molecule has 347 valence electrons. The van der Waals surface area contributed by atoms with Gasteiger partial charge in [-0.1, -0.05) is 175 Å². The van der Waals surface area contributed by atoms with Crippen molar-refractivity contribution >= 4 is 65.3 Å². The van der Waals surface area contributed by atoms with Gasteiger partial charge >= 0.3 is 0 Å². The maximum absolute atomic E-state index is 8.66. The molecular weight excluding hydrogens is 1030 g/mol. The third-order valence-electron chi connectivity index (χ3n) is 13.5. The van der Waals surface area contributed by atoms with Gasteiger partial charge in [-0.05, 0) is 108 Å². The van der Waals surface area contributed by atoms with Crippen LogP contribution < -0.4 is 0 Å². The molecule has 0 saturated heterocycles. The normalized spacial score (nSPS) is 12.7. The second-order valence-electron chi connectivity index (χ2n) is 19.8. The van der Waals surface area contributed by atoms with Gasteiger partial charge in [0.05, 0.1) is 22.4 Å². The SMILES string of the molecule is CC(C)(C)c1ccc(-c2[c-]cccc2)nc1.[2H]C([2H])([2H])c1c[c-]c(-c2nc3ccc4ccccc4c3n2-c2c(C(C)C)cc(-c3ccccc3)cc2C(C)C)c2oc3cc4c(ccc5ccccc54)cc3c12.[Ir]. The number of imidazole rings is 1. The Morgan fingerprint density at radius 1 is 0.629 bits per heavy atom. The minimum Gasteiger partial charge on any atom is -0.501 e. The molecule has 3 aromatic heterocycles. The van der Waals surface area contributed by atoms with Gasteiger partial charge in [0.15, 0.2) is 0 Å². The molecule has 5 heteroatoms. The van der Waals surface area contributed by atoms with Crippen LogP contribution in [0.15, 0.2) is 180 Å². The first-order valence-corrected chi connectivity index (χ1v) is 23.9. The van der Waals surface area contributed by atoms with Gasteiger partial charge in [0.25, 0.3) is 0 Å². The summed E-state index contributed by atoms with van der Waals surface area (Å²) in [6.07, 6.45) is 1.95. The predicted octanol–water partition coefficient (Wildman–Crippen LogP) is 17.9. The molecule has 0 N–H and O–H groups in total. The van der Waals surface area contributed by atoms with Gasteiger partial charge in [-0.25, -0.2) is 0 Å². The van der Waals surface area contributed by atoms with Crippen molar-refractivity contribution in [3.05, 3.63) is 210 Å². The Morgan fingerprint density at radius 3 is 1.97 bits per heavy atom. The van der Waals surface area contributed by atoms with Gasteiger partial charge in [-0.15, -0.1) is 53.6 Å². The molecule has 9 aromatic carbocycles. The van der Waals surface area contributed by atoms with Crippen molar-refractivity contribution in [2.75, 3.05) is 0 Å². The molecule has 0 saturated carbocycles. The minimum absolute atomic E-state index is 0. The van der Waals surface area contributed by atoms with Crippen molar-refractivity contribution in [3.63, 3.8) is 0 Å². The van der Waals surface area contributed by atoms with Crippen molar-refractivity contribution < 1.29 is 28.6 Å². The van der Waals surface area contributed by atoms with Crippen LogP contribution >= 0.6 is 0 Å². The molecule has 0 fully saturated rings. The van der Waals surface area contributed by atoms with Crippen molar-refractivity contribution in [2.24, 2.45) is 0 Å². The Balaban J connectivity index is 0.000000307. The largest absolute Gasteiger partial charge is 0.501 e. The van der Waals surface area contributed by atoms with E-state index >= 15 is 0 Å². The van der Waals surface area contributed by atoms with Crippen molar-refractivity contribution in [2.45, 2.75) is 72.6 Å². The molecule has 0 bridgehead atoms. The Kier molecular flexibility index (Phi) is 11.4. The Hall–Kier alpha value is -7.17. The summed E-state index contributed by atoms with van der Waals surface area (Å²) in [4.78, 5) is 9.91. The van der Waals surface area contributed by atoms with E-state index in [9.17, 15) is 0 Å². The summed E-state index contributed by atoms with van der Waals surface area (Å²) < 4.78 is 35.2. The van der Waals surface area contributed by atoms with Crippen LogP contribution in [0.5, 0.6) is 0 Å². The van der Waals surface area contributed by atoms with Crippen LogP contribution in [0, 0.1) is 19.0 Å². The molecule has 4 nitrogen and oxygen atoms in total. The van der Waals surface area contributed by atoms with Crippen LogP contribution in [0.3, 0.4) is 0 Å². The Labute approximate surface area is 428 Å². The van der Waals surface area contributed by atoms with Gasteiger partial charge < -0.3 is 14.0 Å². The van der Waals surface area contributed by atoms with E-state index in [1.165, 1.54) is 27.8 Å². The Bertz CT molecular complexity index is 3970. The molecule has 0 aliphatic carbocycles. The van der Waals surface area contributed by atoms with E-state index < -0.39 is 6.85 Å². The summed E-state index contributed by atoms with van der Waals surface area (Å²) >= 11 is 0. The zero-order chi connectivity index (χ0) is 50.1. The van der Waals surface area contributed by atoms with E-state index in [1.54, 1.807) is 6.07 Å². The molecule has 12 rings (SSSR count). The molecule has 70 heavy (non-hydrogen) atoms. The van der Waals surface area contributed by atoms with Gasteiger partial charge in [-0.3, -0.25) is 4.98 Å². The number of pyridine rings is 1. The number of hydrogen-bond acceptors (Lipinski definition) is 3. The number of rotatable bonds is 6. The van der Waals surface area contributed by atoms with Gasteiger partial charge in [0.2, 0.25) is 0 Å². The first-order chi connectivity index (χ1) is 34.6. The second-order valence-corrected chi connectivity index (χ2v) is 19.8. The molecule has 0 atom stereocenters. The van der Waals surface area contributed by atoms with E-state index in [4.69, 9.17) is 13.5 Å². The summed E-state index contributed by atoms with van der Waals surface area (Å²) in [6.45, 7) is 13.2. The van der Waals surface area contributed by atoms with Crippen molar-refractivity contribution in [1.82, 2.24) is 14.5 Å². The molecular formula is C65H55IrN3O-2. The fraction of sp³-hybridized carbons (Fsp3) is 0.169. The summed E-state index contributed by atoms with van der Waals surface area (Å²) in [6, 6.07) is 64.9. The van der Waals surface area contributed by atoms with Gasteiger partial charge in [0, 0.05) is 46.9 Å². The van der Waals surface area contributed by atoms with E-state index in [2.05, 4.69) is 198 Å². The average Bonchev–Trinajstić information content (AvgIpc) is 3.96. The van der Waals surface area contributed by atoms with Crippen LogP contribution in [0.2, 0.25) is 0 Å². The number of aryl methyl sites for hydroxylation is 1. The molecule has 12 aromatic rings. The first-order valence-electron chi connectivity index (χ1n) is 25.4. The van der Waals surface area contributed by atoms with Crippen molar-refractivity contribution in [3.8, 4) is 39.5 Å². The molecule has 1 radical (unpaired) electrons. The monoisotopic (exact) mass is 1090 g/mol. The van der Waals surface area contributed by atoms with Crippen LogP contribution in [-0.4, -0.2) is 14.5 Å². The number of benzene rings is 9. The smallest absolute Gasteiger partial charge is 0.121 e. The maximum atomic E-state index is 8.66. The topological polar surface area (TPSA) is 43.9 Å². The first kappa shape index (κ1) is 42.9. The molecule has 0 aliphatic rings. The summed E-state index contributed by atoms with van der Waals surface area (Å²) in [5.74, 6) is 0.993. The number of furan rings is 1. The van der Waals surface area contributed by atoms with E-state index in [1.807, 2.05) is 42.6 Å². The average molecular weight is 1090 g/mol. The zero-order valence-electron chi connectivity index (χ0n) is 43.5. The zero-order valence-corrected chi connectivity index (χ0v) is 42.9. The molecule has 0 unspecified atom stereocenters. The third kappa shape index (κ3) is 8.31. The third-order valence-corrected chi connectivity index (χ3v) is 13.5. The van der Waals surface area contributed by atoms with Crippen molar-refractivity contribution in [1.29, 1.82) is 0 Å². The fourth-order valence-corrected chi connectivity index (χ4v) is 9.88. The Morgan fingerprint density at radius 2 is 1.30 bits per heavy atom. The molecule has 3 heterocycles. The standard InChI is InChI=1S/C50H39N2O.C15H16N.Ir/c1-29(2)40-26-36(32-13-7-6-8-14-32)27-41(30(3)4)47(40)52-48-38-18-12-10-16-34(38)22-24-44(48)51-50(52)39-23-19-31(5)46-43-25-35-21-20-33-15-9-11-17-37(33)42(35)28-45(43)53-49(39)46;1-15(2,3)13-9-10-14(16-11-13)12-7-5-4-6-8-12;/h6-22,24-30H,1-5H3;4-7,9-11H,1-3H3;/q2*-1;/i5D3;;. The van der Waals surface area contributed by atoms with E-state index in [-0.39, 0.29) is 42.9 Å². The number of nitrogens with zero attached hydrogens (tertiary/aromatic N) is 3. The van der Waals surface area contributed by atoms with Gasteiger partial charge in [-0.2, -0.15) is 0 Å². The number of aromatic nitrogens is 3. The summed E-state index contributed by atoms with van der Waals surface area (Å²) in [5.41, 5.74) is 13.0. The maximum Gasteiger partial charge on any atom is 0.121 e. The van der Waals surface area contributed by atoms with Crippen LogP contribution in [0.25, 0.3) is 105 Å². The minimum atomic E-state index is -2.40. The molecule has 0 aliphatic heterocycles. The summed E-state index contributed by atoms with van der Waals surface area (Å²) in [5, 5.41) is 7.84. The van der Waals surface area contributed by atoms with Gasteiger partial charge in [0.1, 0.15) is 5.58 Å². The second kappa shape index (κ2) is 18.6. The number of fused-ring (bicyclic) bond motifs is 9. The van der Waals surface area contributed by atoms with E-state index in [0.29, 0.717) is 27.9 Å². The summed E-state index contributed by atoms with van der Waals surface area (Å²) in [7, 11) is 0. The van der Waals surface area contributed by atoms with Crippen LogP contribution in [-0.2, 0) is 25.5 Å². The molecule has 0 spiro atoms.